The van der Waals surface area contributed by atoms with Crippen LogP contribution in [-0.4, -0.2) is 29.3 Å². The first-order chi connectivity index (χ1) is 26.2. The van der Waals surface area contributed by atoms with Crippen LogP contribution in [0, 0.1) is 5.41 Å². The van der Waals surface area contributed by atoms with Crippen LogP contribution in [0.1, 0.15) is 43.0 Å². The number of alkyl halides is 6. The Bertz CT molecular complexity index is 2030. The van der Waals surface area contributed by atoms with E-state index < -0.39 is 57.9 Å². The number of carbonyl (C=O) groups is 1. The maximum atomic E-state index is 14.6. The monoisotopic (exact) mass is 873 g/mol. The Hall–Kier alpha value is -4.25. The number of hydrogen-bond donors (Lipinski definition) is 3. The van der Waals surface area contributed by atoms with Crippen molar-refractivity contribution in [2.45, 2.75) is 57.8 Å². The fourth-order valence-corrected chi connectivity index (χ4v) is 15.5. The summed E-state index contributed by atoms with van der Waals surface area (Å²) in [5.74, 6) is -0.444. The van der Waals surface area contributed by atoms with Crippen molar-refractivity contribution in [3.05, 3.63) is 162 Å². The van der Waals surface area contributed by atoms with Gasteiger partial charge in [0, 0.05) is 0 Å². The third-order valence-corrected chi connectivity index (χ3v) is 19.1. The zero-order chi connectivity index (χ0) is 40.8. The summed E-state index contributed by atoms with van der Waals surface area (Å²) >= 11 is 9.95. The van der Waals surface area contributed by atoms with Crippen LogP contribution < -0.4 is 26.6 Å². The summed E-state index contributed by atoms with van der Waals surface area (Å²) in [6.07, 6.45) is -8.51. The molecule has 0 heterocycles. The van der Waals surface area contributed by atoms with Gasteiger partial charge in [-0.15, -0.1) is 0 Å². The number of benzene rings is 5. The third kappa shape index (κ3) is 10.6. The molecule has 13 heteroatoms. The van der Waals surface area contributed by atoms with Crippen LogP contribution in [0.2, 0.25) is 0 Å². The molecule has 5 rings (SSSR count). The predicted octanol–water partition coefficient (Wildman–Crippen LogP) is 10.9. The molecule has 0 aliphatic rings. The number of hydrogen-bond acceptors (Lipinski definition) is 2. The van der Waals surface area contributed by atoms with E-state index in [4.69, 9.17) is 12.2 Å². The molecule has 56 heavy (non-hydrogen) atoms. The summed E-state index contributed by atoms with van der Waals surface area (Å²) in [5, 5.41) is 7.12. The van der Waals surface area contributed by atoms with Crippen molar-refractivity contribution < 1.29 is 31.1 Å². The van der Waals surface area contributed by atoms with Crippen LogP contribution >= 0.6 is 33.0 Å². The summed E-state index contributed by atoms with van der Waals surface area (Å²) in [7, 11) is 0. The molecular formula is C43H43BrF6N3OPS. The van der Waals surface area contributed by atoms with Gasteiger partial charge in [0.25, 0.3) is 0 Å². The van der Waals surface area contributed by atoms with Gasteiger partial charge in [0.05, 0.1) is 0 Å². The minimum atomic E-state index is -5.04. The van der Waals surface area contributed by atoms with Gasteiger partial charge < -0.3 is 0 Å². The van der Waals surface area contributed by atoms with Gasteiger partial charge >= 0.3 is 312 Å². The average Bonchev–Trinajstić information content (AvgIpc) is 3.14. The minimum absolute atomic E-state index is 0.0441. The van der Waals surface area contributed by atoms with E-state index in [-0.39, 0.29) is 11.2 Å². The van der Waals surface area contributed by atoms with Crippen LogP contribution in [-0.2, 0) is 29.7 Å². The quantitative estimate of drug-likeness (QED) is 0.0664. The fourth-order valence-electron chi connectivity index (χ4n) is 6.92. The molecular weight excluding hydrogens is 831 g/mol. The summed E-state index contributed by atoms with van der Waals surface area (Å²) in [5.41, 5.74) is -2.24. The van der Waals surface area contributed by atoms with E-state index in [1.807, 2.05) is 84.9 Å². The molecule has 0 aliphatic heterocycles. The fraction of sp³-hybridized carbons (Fsp3) is 0.256. The molecule has 2 atom stereocenters. The Balaban J connectivity index is 1.54. The molecule has 0 spiro atoms. The van der Waals surface area contributed by atoms with Gasteiger partial charge in [0.15, 0.2) is 0 Å². The summed E-state index contributed by atoms with van der Waals surface area (Å²) in [6.45, 7) is 5.37. The summed E-state index contributed by atoms with van der Waals surface area (Å²) in [4.78, 5) is 14.6. The number of carbonyl (C=O) groups excluding carboxylic acids is 1. The number of nitrogens with one attached hydrogen (secondary N) is 3. The predicted molar refractivity (Wildman–Crippen MR) is 224 cm³/mol. The van der Waals surface area contributed by atoms with E-state index in [2.05, 4.69) is 67.8 Å². The number of amides is 1. The molecule has 0 saturated carbocycles. The van der Waals surface area contributed by atoms with Crippen molar-refractivity contribution >= 4 is 60.3 Å². The maximum absolute atomic E-state index is 14.6. The van der Waals surface area contributed by atoms with Crippen LogP contribution in [0.4, 0.5) is 32.0 Å². The topological polar surface area (TPSA) is 53.2 Å². The number of thiocarbonyl (C=S) groups is 1. The third-order valence-electron chi connectivity index (χ3n) is 9.57. The van der Waals surface area contributed by atoms with Crippen molar-refractivity contribution in [1.82, 2.24) is 10.6 Å². The molecule has 4 nitrogen and oxygen atoms in total. The molecule has 0 aromatic heterocycles. The molecule has 296 valence electrons. The first kappa shape index (κ1) is 42.9. The zero-order valence-corrected chi connectivity index (χ0v) is 34.3. The van der Waals surface area contributed by atoms with Gasteiger partial charge in [-0.05, 0) is 0 Å². The van der Waals surface area contributed by atoms with E-state index in [1.54, 1.807) is 20.8 Å². The second-order valence-electron chi connectivity index (χ2n) is 15.0. The van der Waals surface area contributed by atoms with E-state index in [0.29, 0.717) is 30.9 Å². The Kier molecular flexibility index (Phi) is 13.1. The number of anilines is 1. The molecule has 0 bridgehead atoms. The van der Waals surface area contributed by atoms with Crippen LogP contribution in [0.5, 0.6) is 0 Å². The second-order valence-corrected chi connectivity index (χ2v) is 25.0. The van der Waals surface area contributed by atoms with Gasteiger partial charge in [0.2, 0.25) is 0 Å². The van der Waals surface area contributed by atoms with Gasteiger partial charge in [0.1, 0.15) is 0 Å². The van der Waals surface area contributed by atoms with Crippen molar-refractivity contribution in [2.75, 3.05) is 11.5 Å². The van der Waals surface area contributed by atoms with Crippen molar-refractivity contribution in [3.8, 4) is 0 Å². The average molecular weight is 875 g/mol. The number of rotatable bonds is 12. The van der Waals surface area contributed by atoms with Crippen molar-refractivity contribution in [3.63, 3.8) is 0 Å². The molecule has 3 N–H and O–H groups in total. The molecule has 5 aromatic carbocycles. The first-order valence-corrected chi connectivity index (χ1v) is 22.9. The van der Waals surface area contributed by atoms with Crippen LogP contribution in [0.25, 0.3) is 0 Å². The number of halogens is 7. The van der Waals surface area contributed by atoms with E-state index >= 15 is 0 Å². The summed E-state index contributed by atoms with van der Waals surface area (Å²) < 4.78 is 81.7. The van der Waals surface area contributed by atoms with E-state index in [9.17, 15) is 31.1 Å². The normalized spacial score (nSPS) is 14.1. The molecule has 0 saturated heterocycles. The van der Waals surface area contributed by atoms with Crippen molar-refractivity contribution in [1.29, 1.82) is 0 Å². The van der Waals surface area contributed by atoms with Crippen LogP contribution in [0.3, 0.4) is 0 Å². The molecule has 0 unspecified atom stereocenters. The zero-order valence-electron chi connectivity index (χ0n) is 31.0. The second kappa shape index (κ2) is 17.1. The van der Waals surface area contributed by atoms with Gasteiger partial charge in [-0.25, -0.2) is 0 Å². The van der Waals surface area contributed by atoms with Crippen molar-refractivity contribution in [2.24, 2.45) is 5.41 Å². The standard InChI is InChI=1S/C43H43BrF6N3OPS/c1-41(2,3)38(53-40(56)52-34-26-32(42(45,46)47)25-33(27-34)43(48,49)50)39(54)51-35(24-30-16-8-4-9-17-30)29-55(44,36-20-12-6-13-21-36,37-22-14-7-15-23-37)28-31-18-10-5-11-19-31/h4-23,25-27,35,38H,24,28-29H2,1-3H3,(H,51,54)(H2,52,53,56)/t35-,38+/m0/s1. The molecule has 0 radical (unpaired) electrons. The molecule has 5 aromatic rings. The summed E-state index contributed by atoms with van der Waals surface area (Å²) in [6, 6.07) is 40.0. The van der Waals surface area contributed by atoms with Crippen LogP contribution in [0.15, 0.2) is 140 Å². The first-order valence-electron chi connectivity index (χ1n) is 17.8. The van der Waals surface area contributed by atoms with Gasteiger partial charge in [-0.1, -0.05) is 0 Å². The Morgan fingerprint density at radius 2 is 1.09 bits per heavy atom. The Labute approximate surface area is 337 Å². The molecule has 0 fully saturated rings. The van der Waals surface area contributed by atoms with Gasteiger partial charge in [-0.3, -0.25) is 0 Å². The van der Waals surface area contributed by atoms with E-state index in [1.165, 1.54) is 0 Å². The SMILES string of the molecule is CC(C)(C)[C@H](NC(=S)Nc1cc(C(F)(F)F)cc(C(F)(F)F)c1)C(=O)N[C@@H](Cc1ccccc1)CP(Br)(Cc1ccccc1)(c1ccccc1)c1ccccc1. The Morgan fingerprint density at radius 3 is 1.52 bits per heavy atom. The Morgan fingerprint density at radius 1 is 0.661 bits per heavy atom. The van der Waals surface area contributed by atoms with E-state index in [0.717, 1.165) is 21.7 Å². The molecule has 1 amide bonds. The van der Waals surface area contributed by atoms with Gasteiger partial charge in [-0.2, -0.15) is 26.3 Å². The molecule has 0 aliphatic carbocycles.